The smallest absolute Gasteiger partial charge is 0.323 e. The molecule has 2 aromatic rings. The molecule has 8 heteroatoms. The number of hydrogen-bond donors (Lipinski definition) is 1. The van der Waals surface area contributed by atoms with E-state index in [2.05, 4.69) is 26.2 Å². The van der Waals surface area contributed by atoms with Crippen LogP contribution in [0.15, 0.2) is 28.9 Å². The number of ether oxygens (including phenoxy) is 2. The van der Waals surface area contributed by atoms with E-state index in [0.29, 0.717) is 28.3 Å². The van der Waals surface area contributed by atoms with Crippen LogP contribution in [-0.2, 0) is 9.53 Å². The molecular formula is C15H15BrCl2N2O3. The Bertz CT molecular complexity index is 729. The maximum absolute atomic E-state index is 11.5. The minimum atomic E-state index is -0.323. The van der Waals surface area contributed by atoms with Gasteiger partial charge >= 0.3 is 5.97 Å². The first-order valence-corrected chi connectivity index (χ1v) is 7.97. The molecule has 0 aliphatic carbocycles. The van der Waals surface area contributed by atoms with E-state index in [1.165, 1.54) is 7.11 Å². The topological polar surface area (TPSA) is 60.5 Å². The van der Waals surface area contributed by atoms with Gasteiger partial charge in [-0.05, 0) is 40.2 Å². The normalized spacial score (nSPS) is 20.1. The molecule has 0 unspecified atom stereocenters. The largest absolute Gasteiger partial charge is 0.486 e. The molecule has 1 aromatic carbocycles. The Hall–Kier alpha value is -1.08. The highest BCUT2D eigenvalue weighted by atomic mass is 79.9. The van der Waals surface area contributed by atoms with Gasteiger partial charge in [-0.25, -0.2) is 4.98 Å². The predicted octanol–water partition coefficient (Wildman–Crippen LogP) is 3.35. The molecule has 2 heterocycles. The number of carbonyl (C=O) groups is 1. The Labute approximate surface area is 153 Å². The van der Waals surface area contributed by atoms with Gasteiger partial charge in [0.05, 0.1) is 12.6 Å². The Balaban J connectivity index is 0.00000192. The Morgan fingerprint density at radius 2 is 2.22 bits per heavy atom. The van der Waals surface area contributed by atoms with Gasteiger partial charge in [0.25, 0.3) is 0 Å². The van der Waals surface area contributed by atoms with Crippen LogP contribution in [0.4, 0.5) is 0 Å². The molecule has 0 radical (unpaired) electrons. The predicted molar refractivity (Wildman–Crippen MR) is 94.5 cm³/mol. The Kier molecular flexibility index (Phi) is 6.08. The standard InChI is InChI=1S/C15H14BrClN2O3.ClH/c1-21-15(20)12-6-10(7-18-12)22-13-5-8-4-9(17)2-3-11(8)19-14(13)16;/h2-5,10,12,18H,6-7H2,1H3;1H/t10-,12+;/m1./s1. The van der Waals surface area contributed by atoms with Crippen molar-refractivity contribution in [1.82, 2.24) is 10.3 Å². The number of rotatable bonds is 3. The summed E-state index contributed by atoms with van der Waals surface area (Å²) in [6.45, 7) is 0.583. The molecular weight excluding hydrogens is 407 g/mol. The van der Waals surface area contributed by atoms with Crippen molar-refractivity contribution in [3.8, 4) is 5.75 Å². The van der Waals surface area contributed by atoms with Gasteiger partial charge < -0.3 is 14.8 Å². The summed E-state index contributed by atoms with van der Waals surface area (Å²) >= 11 is 9.43. The molecule has 1 aliphatic rings. The van der Waals surface area contributed by atoms with Crippen LogP contribution in [0.5, 0.6) is 5.75 Å². The first-order chi connectivity index (χ1) is 10.6. The van der Waals surface area contributed by atoms with Crippen molar-refractivity contribution in [2.75, 3.05) is 13.7 Å². The van der Waals surface area contributed by atoms with E-state index < -0.39 is 0 Å². The van der Waals surface area contributed by atoms with Crippen molar-refractivity contribution in [1.29, 1.82) is 0 Å². The highest BCUT2D eigenvalue weighted by Gasteiger charge is 2.31. The second kappa shape index (κ2) is 7.66. The van der Waals surface area contributed by atoms with E-state index in [-0.39, 0.29) is 30.5 Å². The molecule has 0 spiro atoms. The number of fused-ring (bicyclic) bond motifs is 1. The summed E-state index contributed by atoms with van der Waals surface area (Å²) in [4.78, 5) is 16.0. The molecule has 0 saturated carbocycles. The van der Waals surface area contributed by atoms with Crippen molar-refractivity contribution >= 4 is 56.8 Å². The van der Waals surface area contributed by atoms with E-state index in [1.54, 1.807) is 6.07 Å². The number of aromatic nitrogens is 1. The first-order valence-electron chi connectivity index (χ1n) is 6.80. The number of nitrogens with one attached hydrogen (secondary N) is 1. The lowest BCUT2D eigenvalue weighted by Crippen LogP contribution is -2.31. The van der Waals surface area contributed by atoms with Crippen LogP contribution >= 0.6 is 39.9 Å². The lowest BCUT2D eigenvalue weighted by Gasteiger charge is -2.14. The maximum Gasteiger partial charge on any atom is 0.323 e. The molecule has 124 valence electrons. The lowest BCUT2D eigenvalue weighted by atomic mass is 10.2. The van der Waals surface area contributed by atoms with Crippen molar-refractivity contribution in [3.63, 3.8) is 0 Å². The first kappa shape index (κ1) is 18.3. The molecule has 23 heavy (non-hydrogen) atoms. The third-order valence-electron chi connectivity index (χ3n) is 3.57. The zero-order valence-electron chi connectivity index (χ0n) is 12.2. The number of halogens is 3. The number of benzene rings is 1. The third-order valence-corrected chi connectivity index (χ3v) is 4.37. The quantitative estimate of drug-likeness (QED) is 0.608. The molecule has 0 amide bonds. The van der Waals surface area contributed by atoms with Crippen molar-refractivity contribution in [2.45, 2.75) is 18.6 Å². The molecule has 3 rings (SSSR count). The van der Waals surface area contributed by atoms with E-state index in [9.17, 15) is 4.79 Å². The summed E-state index contributed by atoms with van der Waals surface area (Å²) in [5.74, 6) is 0.362. The molecule has 1 aliphatic heterocycles. The molecule has 1 fully saturated rings. The SMILES string of the molecule is COC(=O)[C@@H]1C[C@@H](Oc2cc3cc(Cl)ccc3nc2Br)CN1.Cl. The minimum absolute atomic E-state index is 0. The van der Waals surface area contributed by atoms with E-state index in [4.69, 9.17) is 21.1 Å². The zero-order valence-corrected chi connectivity index (χ0v) is 15.4. The summed E-state index contributed by atoms with van der Waals surface area (Å²) in [7, 11) is 1.38. The van der Waals surface area contributed by atoms with Crippen LogP contribution in [-0.4, -0.2) is 36.8 Å². The average molecular weight is 422 g/mol. The van der Waals surface area contributed by atoms with Crippen LogP contribution in [0, 0.1) is 0 Å². The van der Waals surface area contributed by atoms with Gasteiger partial charge in [-0.1, -0.05) is 11.6 Å². The number of hydrogen-bond acceptors (Lipinski definition) is 5. The molecule has 1 N–H and O–H groups in total. The van der Waals surface area contributed by atoms with E-state index in [1.807, 2.05) is 18.2 Å². The number of pyridine rings is 1. The van der Waals surface area contributed by atoms with Gasteiger partial charge in [0.15, 0.2) is 5.75 Å². The number of carbonyl (C=O) groups excluding carboxylic acids is 1. The Morgan fingerprint density at radius 1 is 1.43 bits per heavy atom. The van der Waals surface area contributed by atoms with Crippen molar-refractivity contribution in [3.05, 3.63) is 33.9 Å². The number of esters is 1. The van der Waals surface area contributed by atoms with Gasteiger partial charge in [-0.2, -0.15) is 0 Å². The van der Waals surface area contributed by atoms with Gasteiger partial charge in [-0.15, -0.1) is 12.4 Å². The Morgan fingerprint density at radius 3 is 2.96 bits per heavy atom. The van der Waals surface area contributed by atoms with Crippen LogP contribution in [0.25, 0.3) is 10.9 Å². The molecule has 2 atom stereocenters. The van der Waals surface area contributed by atoms with Crippen LogP contribution in [0.1, 0.15) is 6.42 Å². The molecule has 1 aromatic heterocycles. The van der Waals surface area contributed by atoms with Crippen molar-refractivity contribution < 1.29 is 14.3 Å². The maximum atomic E-state index is 11.5. The van der Waals surface area contributed by atoms with Gasteiger partial charge in [0.2, 0.25) is 0 Å². The molecule has 1 saturated heterocycles. The highest BCUT2D eigenvalue weighted by Crippen LogP contribution is 2.30. The fourth-order valence-electron chi connectivity index (χ4n) is 2.48. The summed E-state index contributed by atoms with van der Waals surface area (Å²) in [5.41, 5.74) is 0.834. The number of nitrogens with zero attached hydrogens (tertiary/aromatic N) is 1. The van der Waals surface area contributed by atoms with Crippen LogP contribution < -0.4 is 10.1 Å². The monoisotopic (exact) mass is 420 g/mol. The minimum Gasteiger partial charge on any atom is -0.486 e. The zero-order chi connectivity index (χ0) is 15.7. The molecule has 5 nitrogen and oxygen atoms in total. The number of methoxy groups -OCH3 is 1. The second-order valence-electron chi connectivity index (χ2n) is 5.07. The van der Waals surface area contributed by atoms with Crippen LogP contribution in [0.3, 0.4) is 0 Å². The van der Waals surface area contributed by atoms with E-state index >= 15 is 0 Å². The molecule has 0 bridgehead atoms. The van der Waals surface area contributed by atoms with Crippen molar-refractivity contribution in [2.24, 2.45) is 0 Å². The van der Waals surface area contributed by atoms with E-state index in [0.717, 1.165) is 10.9 Å². The highest BCUT2D eigenvalue weighted by molar-refractivity contribution is 9.10. The van der Waals surface area contributed by atoms with Gasteiger partial charge in [0, 0.05) is 23.4 Å². The van der Waals surface area contributed by atoms with Gasteiger partial charge in [-0.3, -0.25) is 4.79 Å². The summed E-state index contributed by atoms with van der Waals surface area (Å²) in [6, 6.07) is 7.07. The third kappa shape index (κ3) is 4.07. The fourth-order valence-corrected chi connectivity index (χ4v) is 3.06. The van der Waals surface area contributed by atoms with Gasteiger partial charge in [0.1, 0.15) is 16.7 Å². The fraction of sp³-hybridized carbons (Fsp3) is 0.333. The van der Waals surface area contributed by atoms with Crippen LogP contribution in [0.2, 0.25) is 5.02 Å². The summed E-state index contributed by atoms with van der Waals surface area (Å²) < 4.78 is 11.3. The summed E-state index contributed by atoms with van der Waals surface area (Å²) in [5, 5.41) is 4.64. The second-order valence-corrected chi connectivity index (χ2v) is 6.26. The average Bonchev–Trinajstić information content (AvgIpc) is 2.96. The summed E-state index contributed by atoms with van der Waals surface area (Å²) in [6.07, 6.45) is 0.450. The lowest BCUT2D eigenvalue weighted by molar-refractivity contribution is -0.142.